The Labute approximate surface area is 114 Å². The second-order valence-electron chi connectivity index (χ2n) is 4.69. The first-order chi connectivity index (χ1) is 8.17. The van der Waals surface area contributed by atoms with Crippen LogP contribution in [0.1, 0.15) is 20.8 Å². The minimum absolute atomic E-state index is 0.0990. The number of sulfonamides is 1. The summed E-state index contributed by atoms with van der Waals surface area (Å²) in [5, 5.41) is 0.422. The van der Waals surface area contributed by atoms with Crippen LogP contribution in [0.25, 0.3) is 0 Å². The van der Waals surface area contributed by atoms with Crippen molar-refractivity contribution >= 4 is 27.3 Å². The Kier molecular flexibility index (Phi) is 4.64. The van der Waals surface area contributed by atoms with Crippen LogP contribution in [0, 0.1) is 5.92 Å². The van der Waals surface area contributed by atoms with Crippen molar-refractivity contribution in [1.82, 2.24) is 4.31 Å². The largest absolute Gasteiger partial charge is 0.398 e. The summed E-state index contributed by atoms with van der Waals surface area (Å²) in [6.45, 7) is 5.82. The van der Waals surface area contributed by atoms with Gasteiger partial charge in [-0.3, -0.25) is 0 Å². The molecule has 0 fully saturated rings. The highest BCUT2D eigenvalue weighted by molar-refractivity contribution is 7.89. The van der Waals surface area contributed by atoms with E-state index < -0.39 is 10.0 Å². The molecule has 0 aromatic heterocycles. The van der Waals surface area contributed by atoms with Crippen LogP contribution < -0.4 is 5.73 Å². The van der Waals surface area contributed by atoms with E-state index in [9.17, 15) is 8.42 Å². The van der Waals surface area contributed by atoms with Crippen LogP contribution in [0.3, 0.4) is 0 Å². The van der Waals surface area contributed by atoms with Gasteiger partial charge in [0.05, 0.1) is 5.69 Å². The summed E-state index contributed by atoms with van der Waals surface area (Å²) in [4.78, 5) is 0.0990. The maximum absolute atomic E-state index is 12.4. The van der Waals surface area contributed by atoms with Crippen LogP contribution in [0.2, 0.25) is 5.02 Å². The minimum Gasteiger partial charge on any atom is -0.398 e. The van der Waals surface area contributed by atoms with Gasteiger partial charge in [0.15, 0.2) is 0 Å². The number of benzene rings is 1. The van der Waals surface area contributed by atoms with Crippen molar-refractivity contribution in [3.63, 3.8) is 0 Å². The zero-order chi connectivity index (χ0) is 14.1. The van der Waals surface area contributed by atoms with E-state index >= 15 is 0 Å². The van der Waals surface area contributed by atoms with Crippen molar-refractivity contribution in [3.05, 3.63) is 23.2 Å². The molecule has 0 amide bonds. The normalized spacial score (nSPS) is 14.2. The van der Waals surface area contributed by atoms with E-state index in [2.05, 4.69) is 0 Å². The zero-order valence-corrected chi connectivity index (χ0v) is 12.6. The number of hydrogen-bond donors (Lipinski definition) is 1. The Morgan fingerprint density at radius 1 is 1.28 bits per heavy atom. The van der Waals surface area contributed by atoms with Gasteiger partial charge in [0.2, 0.25) is 10.0 Å². The maximum atomic E-state index is 12.4. The fraction of sp³-hybridized carbons (Fsp3) is 0.500. The number of anilines is 1. The van der Waals surface area contributed by atoms with Gasteiger partial charge in [-0.15, -0.1) is 0 Å². The van der Waals surface area contributed by atoms with Crippen LogP contribution in [0.15, 0.2) is 23.1 Å². The summed E-state index contributed by atoms with van der Waals surface area (Å²) in [7, 11) is -2.02. The first kappa shape index (κ1) is 15.3. The summed E-state index contributed by atoms with van der Waals surface area (Å²) < 4.78 is 26.2. The van der Waals surface area contributed by atoms with E-state index in [1.54, 1.807) is 7.05 Å². The second kappa shape index (κ2) is 5.47. The number of nitrogens with zero attached hydrogens (tertiary/aromatic N) is 1. The van der Waals surface area contributed by atoms with Gasteiger partial charge >= 0.3 is 0 Å². The molecule has 1 unspecified atom stereocenters. The van der Waals surface area contributed by atoms with E-state index in [0.717, 1.165) is 0 Å². The number of halogens is 1. The van der Waals surface area contributed by atoms with E-state index in [4.69, 9.17) is 17.3 Å². The molecule has 18 heavy (non-hydrogen) atoms. The van der Waals surface area contributed by atoms with Crippen molar-refractivity contribution in [3.8, 4) is 0 Å². The molecule has 4 nitrogen and oxygen atoms in total. The lowest BCUT2D eigenvalue weighted by Crippen LogP contribution is -2.38. The van der Waals surface area contributed by atoms with Crippen molar-refractivity contribution < 1.29 is 8.42 Å². The Bertz CT molecular complexity index is 529. The lowest BCUT2D eigenvalue weighted by molar-refractivity contribution is 0.316. The van der Waals surface area contributed by atoms with Crippen molar-refractivity contribution in [2.45, 2.75) is 31.7 Å². The van der Waals surface area contributed by atoms with Gasteiger partial charge in [0, 0.05) is 18.1 Å². The summed E-state index contributed by atoms with van der Waals surface area (Å²) in [5.74, 6) is 0.221. The first-order valence-corrected chi connectivity index (χ1v) is 7.52. The lowest BCUT2D eigenvalue weighted by atomic mass is 10.1. The summed E-state index contributed by atoms with van der Waals surface area (Å²) >= 11 is 5.77. The number of nitrogens with two attached hydrogens (primary N) is 1. The molecule has 0 saturated carbocycles. The van der Waals surface area contributed by atoms with Gasteiger partial charge in [-0.1, -0.05) is 25.4 Å². The fourth-order valence-electron chi connectivity index (χ4n) is 1.55. The third kappa shape index (κ3) is 2.96. The number of nitrogen functional groups attached to an aromatic ring is 1. The van der Waals surface area contributed by atoms with Gasteiger partial charge < -0.3 is 5.73 Å². The molecule has 1 rings (SSSR count). The van der Waals surface area contributed by atoms with Crippen molar-refractivity contribution in [1.29, 1.82) is 0 Å². The molecule has 6 heteroatoms. The highest BCUT2D eigenvalue weighted by atomic mass is 35.5. The Morgan fingerprint density at radius 2 is 1.83 bits per heavy atom. The summed E-state index contributed by atoms with van der Waals surface area (Å²) in [6, 6.07) is 4.31. The fourth-order valence-corrected chi connectivity index (χ4v) is 3.32. The van der Waals surface area contributed by atoms with Crippen LogP contribution in [-0.4, -0.2) is 25.8 Å². The number of rotatable bonds is 4. The molecular weight excluding hydrogens is 272 g/mol. The van der Waals surface area contributed by atoms with Crippen LogP contribution in [0.5, 0.6) is 0 Å². The summed E-state index contributed by atoms with van der Waals surface area (Å²) in [5.41, 5.74) is 5.90. The first-order valence-electron chi connectivity index (χ1n) is 5.71. The third-order valence-electron chi connectivity index (χ3n) is 3.17. The Balaban J connectivity index is 3.21. The quantitative estimate of drug-likeness (QED) is 0.867. The van der Waals surface area contributed by atoms with Crippen molar-refractivity contribution in [2.75, 3.05) is 12.8 Å². The van der Waals surface area contributed by atoms with Crippen LogP contribution in [-0.2, 0) is 10.0 Å². The molecule has 102 valence electrons. The smallest absolute Gasteiger partial charge is 0.245 e. The van der Waals surface area contributed by atoms with Gasteiger partial charge in [-0.25, -0.2) is 8.42 Å². The molecule has 0 heterocycles. The predicted octanol–water partition coefficient (Wildman–Crippen LogP) is 2.59. The highest BCUT2D eigenvalue weighted by Crippen LogP contribution is 2.26. The number of hydrogen-bond acceptors (Lipinski definition) is 3. The van der Waals surface area contributed by atoms with Crippen LogP contribution in [0.4, 0.5) is 5.69 Å². The van der Waals surface area contributed by atoms with Gasteiger partial charge in [0.1, 0.15) is 4.90 Å². The molecule has 1 aromatic rings. The van der Waals surface area contributed by atoms with Crippen LogP contribution >= 0.6 is 11.6 Å². The standard InChI is InChI=1S/C12H19ClN2O2S/c1-8(2)9(3)15(4)18(16,17)12-6-5-10(13)7-11(12)14/h5-9H,14H2,1-4H3. The van der Waals surface area contributed by atoms with Gasteiger partial charge in [-0.05, 0) is 31.0 Å². The molecular formula is C12H19ClN2O2S. The van der Waals surface area contributed by atoms with E-state index in [1.165, 1.54) is 22.5 Å². The monoisotopic (exact) mass is 290 g/mol. The molecule has 0 radical (unpaired) electrons. The zero-order valence-electron chi connectivity index (χ0n) is 11.0. The molecule has 0 spiro atoms. The second-order valence-corrected chi connectivity index (χ2v) is 7.09. The topological polar surface area (TPSA) is 63.4 Å². The molecule has 2 N–H and O–H groups in total. The maximum Gasteiger partial charge on any atom is 0.245 e. The summed E-state index contributed by atoms with van der Waals surface area (Å²) in [6.07, 6.45) is 0. The predicted molar refractivity (Wildman–Crippen MR) is 75.1 cm³/mol. The molecule has 0 aliphatic heterocycles. The molecule has 1 atom stereocenters. The van der Waals surface area contributed by atoms with Crippen molar-refractivity contribution in [2.24, 2.45) is 5.92 Å². The lowest BCUT2D eigenvalue weighted by Gasteiger charge is -2.27. The van der Waals surface area contributed by atoms with E-state index in [-0.39, 0.29) is 22.5 Å². The average Bonchev–Trinajstić information content (AvgIpc) is 2.26. The van der Waals surface area contributed by atoms with Gasteiger partial charge in [-0.2, -0.15) is 4.31 Å². The molecule has 0 aliphatic carbocycles. The third-order valence-corrected chi connectivity index (χ3v) is 5.42. The van der Waals surface area contributed by atoms with E-state index in [0.29, 0.717) is 5.02 Å². The minimum atomic E-state index is -3.58. The Morgan fingerprint density at radius 3 is 2.28 bits per heavy atom. The van der Waals surface area contributed by atoms with Gasteiger partial charge in [0.25, 0.3) is 0 Å². The molecule has 0 bridgehead atoms. The Hall–Kier alpha value is -0.780. The molecule has 0 saturated heterocycles. The SMILES string of the molecule is CC(C)C(C)N(C)S(=O)(=O)c1ccc(Cl)cc1N. The average molecular weight is 291 g/mol. The van der Waals surface area contributed by atoms with E-state index in [1.807, 2.05) is 20.8 Å². The highest BCUT2D eigenvalue weighted by Gasteiger charge is 2.28. The molecule has 0 aliphatic rings. The molecule has 1 aromatic carbocycles.